The lowest BCUT2D eigenvalue weighted by Gasteiger charge is -2.09. The lowest BCUT2D eigenvalue weighted by Crippen LogP contribution is -2.18. The van der Waals surface area contributed by atoms with Crippen LogP contribution in [0.25, 0.3) is 0 Å². The molecule has 0 aliphatic carbocycles. The molecule has 0 fully saturated rings. The van der Waals surface area contributed by atoms with Crippen molar-refractivity contribution in [1.82, 2.24) is 9.78 Å². The lowest BCUT2D eigenvalue weighted by molar-refractivity contribution is -0.115. The molecule has 2 aromatic carbocycles. The zero-order valence-electron chi connectivity index (χ0n) is 12.4. The first-order chi connectivity index (χ1) is 11.2. The van der Waals surface area contributed by atoms with Gasteiger partial charge in [-0.05, 0) is 23.3 Å². The molecule has 1 N–H and O–H groups in total. The monoisotopic (exact) mass is 309 g/mol. The van der Waals surface area contributed by atoms with Crippen molar-refractivity contribution in [2.45, 2.75) is 13.0 Å². The quantitative estimate of drug-likeness (QED) is 0.786. The fourth-order valence-electron chi connectivity index (χ4n) is 2.30. The van der Waals surface area contributed by atoms with Crippen LogP contribution in [0.5, 0.6) is 0 Å². The Morgan fingerprint density at radius 2 is 1.74 bits per heavy atom. The van der Waals surface area contributed by atoms with E-state index < -0.39 is 0 Å². The van der Waals surface area contributed by atoms with Crippen molar-refractivity contribution in [3.8, 4) is 0 Å². The highest BCUT2D eigenvalue weighted by molar-refractivity contribution is 5.91. The zero-order chi connectivity index (χ0) is 16.1. The number of carbonyl (C=O) groups excluding carboxylic acids is 1. The number of halogens is 1. The Labute approximate surface area is 133 Å². The minimum absolute atomic E-state index is 0.161. The maximum atomic E-state index is 12.9. The minimum Gasteiger partial charge on any atom is -0.311 e. The summed E-state index contributed by atoms with van der Waals surface area (Å²) in [7, 11) is 0. The topological polar surface area (TPSA) is 46.9 Å². The van der Waals surface area contributed by atoms with Crippen molar-refractivity contribution in [2.24, 2.45) is 0 Å². The number of amides is 1. The molecule has 0 radical (unpaired) electrons. The number of aromatic nitrogens is 2. The summed E-state index contributed by atoms with van der Waals surface area (Å²) >= 11 is 0. The van der Waals surface area contributed by atoms with E-state index in [0.29, 0.717) is 12.4 Å². The molecular formula is C18H16FN3O. The second-order valence-corrected chi connectivity index (χ2v) is 5.21. The van der Waals surface area contributed by atoms with Gasteiger partial charge in [-0.15, -0.1) is 0 Å². The van der Waals surface area contributed by atoms with Crippen LogP contribution in [-0.4, -0.2) is 15.7 Å². The third kappa shape index (κ3) is 4.03. The van der Waals surface area contributed by atoms with E-state index in [4.69, 9.17) is 0 Å². The van der Waals surface area contributed by atoms with Gasteiger partial charge in [-0.2, -0.15) is 5.10 Å². The summed E-state index contributed by atoms with van der Waals surface area (Å²) in [5.41, 5.74) is 1.86. The molecule has 23 heavy (non-hydrogen) atoms. The Morgan fingerprint density at radius 3 is 2.48 bits per heavy atom. The van der Waals surface area contributed by atoms with Crippen LogP contribution in [0.4, 0.5) is 10.2 Å². The van der Waals surface area contributed by atoms with Gasteiger partial charge in [0.1, 0.15) is 11.6 Å². The van der Waals surface area contributed by atoms with Crippen LogP contribution in [0.1, 0.15) is 11.1 Å². The van der Waals surface area contributed by atoms with Crippen molar-refractivity contribution in [3.05, 3.63) is 83.8 Å². The molecule has 0 saturated carbocycles. The summed E-state index contributed by atoms with van der Waals surface area (Å²) in [6.07, 6.45) is 1.84. The largest absolute Gasteiger partial charge is 0.311 e. The van der Waals surface area contributed by atoms with Gasteiger partial charge in [-0.25, -0.2) is 9.07 Å². The number of hydrogen-bond donors (Lipinski definition) is 1. The highest BCUT2D eigenvalue weighted by Gasteiger charge is 2.08. The Kier molecular flexibility index (Phi) is 4.47. The Bertz CT molecular complexity index is 782. The van der Waals surface area contributed by atoms with Gasteiger partial charge in [0.05, 0.1) is 19.2 Å². The molecule has 0 atom stereocenters. The Hall–Kier alpha value is -2.95. The molecule has 3 rings (SSSR count). The lowest BCUT2D eigenvalue weighted by atomic mass is 10.1. The van der Waals surface area contributed by atoms with E-state index in [1.54, 1.807) is 29.1 Å². The van der Waals surface area contributed by atoms with Crippen LogP contribution in [-0.2, 0) is 17.8 Å². The predicted molar refractivity (Wildman–Crippen MR) is 86.5 cm³/mol. The van der Waals surface area contributed by atoms with Crippen molar-refractivity contribution in [3.63, 3.8) is 0 Å². The summed E-state index contributed by atoms with van der Waals surface area (Å²) in [6.45, 7) is 0.583. The van der Waals surface area contributed by atoms with Crippen LogP contribution >= 0.6 is 0 Å². The number of hydrogen-bond acceptors (Lipinski definition) is 2. The molecule has 0 aliphatic rings. The molecule has 0 saturated heterocycles. The van der Waals surface area contributed by atoms with Gasteiger partial charge in [0, 0.05) is 6.07 Å². The van der Waals surface area contributed by atoms with Gasteiger partial charge in [-0.1, -0.05) is 42.5 Å². The number of benzene rings is 2. The molecule has 1 aromatic heterocycles. The average molecular weight is 309 g/mol. The normalized spacial score (nSPS) is 10.5. The molecule has 1 heterocycles. The number of anilines is 1. The van der Waals surface area contributed by atoms with Gasteiger partial charge in [0.25, 0.3) is 0 Å². The fraction of sp³-hybridized carbons (Fsp3) is 0.111. The van der Waals surface area contributed by atoms with Crippen molar-refractivity contribution in [2.75, 3.05) is 5.32 Å². The first kappa shape index (κ1) is 15.0. The standard InChI is InChI=1S/C18H16FN3O/c19-16-8-6-14(7-9-16)12-18(23)21-17-10-11-20-22(17)13-15-4-2-1-3-5-15/h1-11H,12-13H2,(H,21,23). The third-order valence-corrected chi connectivity index (χ3v) is 3.44. The molecule has 0 aliphatic heterocycles. The molecule has 116 valence electrons. The van der Waals surface area contributed by atoms with Crippen molar-refractivity contribution in [1.29, 1.82) is 0 Å². The van der Waals surface area contributed by atoms with E-state index in [-0.39, 0.29) is 18.1 Å². The van der Waals surface area contributed by atoms with E-state index >= 15 is 0 Å². The van der Waals surface area contributed by atoms with E-state index in [2.05, 4.69) is 10.4 Å². The molecule has 1 amide bonds. The van der Waals surface area contributed by atoms with Crippen molar-refractivity contribution < 1.29 is 9.18 Å². The van der Waals surface area contributed by atoms with Crippen LogP contribution in [0.3, 0.4) is 0 Å². The first-order valence-electron chi connectivity index (χ1n) is 7.31. The smallest absolute Gasteiger partial charge is 0.229 e. The van der Waals surface area contributed by atoms with Gasteiger partial charge < -0.3 is 5.32 Å². The number of nitrogens with zero attached hydrogens (tertiary/aromatic N) is 2. The van der Waals surface area contributed by atoms with Crippen LogP contribution in [0.15, 0.2) is 66.9 Å². The summed E-state index contributed by atoms with van der Waals surface area (Å²) in [4.78, 5) is 12.1. The third-order valence-electron chi connectivity index (χ3n) is 3.44. The van der Waals surface area contributed by atoms with Gasteiger partial charge in [0.2, 0.25) is 5.91 Å². The molecule has 0 unspecified atom stereocenters. The summed E-state index contributed by atoms with van der Waals surface area (Å²) in [6, 6.07) is 17.6. The number of rotatable bonds is 5. The van der Waals surface area contributed by atoms with E-state index in [1.807, 2.05) is 30.3 Å². The van der Waals surface area contributed by atoms with Gasteiger partial charge in [-0.3, -0.25) is 4.79 Å². The molecule has 3 aromatic rings. The van der Waals surface area contributed by atoms with E-state index in [1.165, 1.54) is 12.1 Å². The number of carbonyl (C=O) groups is 1. The minimum atomic E-state index is -0.310. The average Bonchev–Trinajstić information content (AvgIpc) is 2.97. The first-order valence-corrected chi connectivity index (χ1v) is 7.31. The van der Waals surface area contributed by atoms with Crippen LogP contribution in [0.2, 0.25) is 0 Å². The van der Waals surface area contributed by atoms with Crippen molar-refractivity contribution >= 4 is 11.7 Å². The Morgan fingerprint density at radius 1 is 1.00 bits per heavy atom. The SMILES string of the molecule is O=C(Cc1ccc(F)cc1)Nc1ccnn1Cc1ccccc1. The fourth-order valence-corrected chi connectivity index (χ4v) is 2.30. The molecule has 0 spiro atoms. The van der Waals surface area contributed by atoms with Gasteiger partial charge in [0.15, 0.2) is 0 Å². The summed E-state index contributed by atoms with van der Waals surface area (Å²) < 4.78 is 14.6. The maximum absolute atomic E-state index is 12.9. The molecule has 4 nitrogen and oxygen atoms in total. The van der Waals surface area contributed by atoms with Crippen LogP contribution in [0, 0.1) is 5.82 Å². The Balaban J connectivity index is 1.65. The molecular weight excluding hydrogens is 293 g/mol. The van der Waals surface area contributed by atoms with Gasteiger partial charge >= 0.3 is 0 Å². The summed E-state index contributed by atoms with van der Waals surface area (Å²) in [5, 5.41) is 7.08. The van der Waals surface area contributed by atoms with Crippen LogP contribution < -0.4 is 5.32 Å². The highest BCUT2D eigenvalue weighted by Crippen LogP contribution is 2.11. The number of nitrogens with one attached hydrogen (secondary N) is 1. The predicted octanol–water partition coefficient (Wildman–Crippen LogP) is 3.25. The van der Waals surface area contributed by atoms with E-state index in [9.17, 15) is 9.18 Å². The molecule has 0 bridgehead atoms. The second-order valence-electron chi connectivity index (χ2n) is 5.21. The highest BCUT2D eigenvalue weighted by atomic mass is 19.1. The zero-order valence-corrected chi connectivity index (χ0v) is 12.4. The maximum Gasteiger partial charge on any atom is 0.229 e. The van der Waals surface area contributed by atoms with E-state index in [0.717, 1.165) is 11.1 Å². The molecule has 5 heteroatoms. The summed E-state index contributed by atoms with van der Waals surface area (Å²) in [5.74, 6) is 0.169. The second kappa shape index (κ2) is 6.87.